The van der Waals surface area contributed by atoms with Gasteiger partial charge in [-0.1, -0.05) is 35.5 Å². The highest BCUT2D eigenvalue weighted by Gasteiger charge is 2.11. The van der Waals surface area contributed by atoms with Gasteiger partial charge >= 0.3 is 0 Å². The number of carbonyl (C=O) groups excluding carboxylic acids is 1. The molecular weight excluding hydrogens is 357 g/mol. The molecule has 0 saturated carbocycles. The van der Waals surface area contributed by atoms with Gasteiger partial charge in [0.2, 0.25) is 11.7 Å². The van der Waals surface area contributed by atoms with E-state index in [0.29, 0.717) is 29.4 Å². The normalized spacial score (nSPS) is 10.6. The summed E-state index contributed by atoms with van der Waals surface area (Å²) >= 11 is 0. The van der Waals surface area contributed by atoms with E-state index in [0.717, 1.165) is 11.1 Å². The molecule has 1 aromatic heterocycles. The van der Waals surface area contributed by atoms with Crippen LogP contribution >= 0.6 is 0 Å². The van der Waals surface area contributed by atoms with Crippen molar-refractivity contribution in [3.8, 4) is 22.8 Å². The van der Waals surface area contributed by atoms with Crippen LogP contribution in [0.3, 0.4) is 0 Å². The van der Waals surface area contributed by atoms with Crippen molar-refractivity contribution in [2.45, 2.75) is 6.42 Å². The van der Waals surface area contributed by atoms with Crippen LogP contribution in [0.1, 0.15) is 5.56 Å². The third-order valence-electron chi connectivity index (χ3n) is 4.15. The molecule has 0 bridgehead atoms. The van der Waals surface area contributed by atoms with Crippen molar-refractivity contribution in [2.24, 2.45) is 0 Å². The van der Waals surface area contributed by atoms with Gasteiger partial charge in [0, 0.05) is 16.8 Å². The summed E-state index contributed by atoms with van der Waals surface area (Å²) in [7, 11) is 0. The quantitative estimate of drug-likeness (QED) is 0.549. The van der Waals surface area contributed by atoms with Gasteiger partial charge in [-0.15, -0.1) is 0 Å². The Balaban J connectivity index is 1.43. The molecule has 0 aliphatic heterocycles. The average molecular weight is 373 g/mol. The SMILES string of the molecule is O=C(Cc1ccccc1)Nc1ccc(-c2nc(-c3ccc(F)cc3)no2)cc1. The summed E-state index contributed by atoms with van der Waals surface area (Å²) in [5.41, 5.74) is 3.03. The Hall–Kier alpha value is -3.80. The molecule has 1 heterocycles. The molecule has 0 unspecified atom stereocenters. The molecule has 3 aromatic carbocycles. The zero-order chi connectivity index (χ0) is 19.3. The number of hydrogen-bond acceptors (Lipinski definition) is 4. The number of nitrogens with one attached hydrogen (secondary N) is 1. The van der Waals surface area contributed by atoms with Gasteiger partial charge in [-0.2, -0.15) is 4.98 Å². The summed E-state index contributed by atoms with van der Waals surface area (Å²) in [5, 5.41) is 6.80. The fourth-order valence-electron chi connectivity index (χ4n) is 2.74. The van der Waals surface area contributed by atoms with Crippen LogP contribution in [-0.2, 0) is 11.2 Å². The molecule has 0 spiro atoms. The largest absolute Gasteiger partial charge is 0.334 e. The maximum absolute atomic E-state index is 13.0. The van der Waals surface area contributed by atoms with Gasteiger partial charge in [0.25, 0.3) is 5.89 Å². The fraction of sp³-hybridized carbons (Fsp3) is 0.0455. The Morgan fingerprint density at radius 1 is 0.893 bits per heavy atom. The number of aromatic nitrogens is 2. The molecule has 6 heteroatoms. The summed E-state index contributed by atoms with van der Waals surface area (Å²) < 4.78 is 18.3. The summed E-state index contributed by atoms with van der Waals surface area (Å²) in [4.78, 5) is 16.5. The summed E-state index contributed by atoms with van der Waals surface area (Å²) in [5.74, 6) is 0.324. The van der Waals surface area contributed by atoms with Crippen LogP contribution < -0.4 is 5.32 Å². The third kappa shape index (κ3) is 4.12. The van der Waals surface area contributed by atoms with Crippen molar-refractivity contribution in [2.75, 3.05) is 5.32 Å². The van der Waals surface area contributed by atoms with E-state index in [-0.39, 0.29) is 11.7 Å². The minimum atomic E-state index is -0.322. The lowest BCUT2D eigenvalue weighted by Crippen LogP contribution is -2.14. The van der Waals surface area contributed by atoms with E-state index in [1.54, 1.807) is 36.4 Å². The van der Waals surface area contributed by atoms with Crippen LogP contribution in [0.2, 0.25) is 0 Å². The van der Waals surface area contributed by atoms with Crippen LogP contribution in [0.15, 0.2) is 83.4 Å². The summed E-state index contributed by atoms with van der Waals surface area (Å²) in [6.45, 7) is 0. The zero-order valence-corrected chi connectivity index (χ0v) is 14.8. The van der Waals surface area contributed by atoms with Gasteiger partial charge in [0.1, 0.15) is 5.82 Å². The molecule has 1 amide bonds. The van der Waals surface area contributed by atoms with E-state index in [9.17, 15) is 9.18 Å². The predicted octanol–water partition coefficient (Wildman–Crippen LogP) is 4.72. The van der Waals surface area contributed by atoms with E-state index in [1.807, 2.05) is 30.3 Å². The topological polar surface area (TPSA) is 68.0 Å². The predicted molar refractivity (Wildman–Crippen MR) is 104 cm³/mol. The van der Waals surface area contributed by atoms with E-state index in [2.05, 4.69) is 15.5 Å². The third-order valence-corrected chi connectivity index (χ3v) is 4.15. The number of halogens is 1. The van der Waals surface area contributed by atoms with Gasteiger partial charge in [-0.3, -0.25) is 4.79 Å². The van der Waals surface area contributed by atoms with Crippen LogP contribution in [0.4, 0.5) is 10.1 Å². The molecule has 0 radical (unpaired) electrons. The van der Waals surface area contributed by atoms with Crippen molar-refractivity contribution in [1.82, 2.24) is 10.1 Å². The highest BCUT2D eigenvalue weighted by molar-refractivity contribution is 5.92. The number of nitrogens with zero attached hydrogens (tertiary/aromatic N) is 2. The van der Waals surface area contributed by atoms with Gasteiger partial charge < -0.3 is 9.84 Å². The molecule has 1 N–H and O–H groups in total. The van der Waals surface area contributed by atoms with Crippen molar-refractivity contribution < 1.29 is 13.7 Å². The van der Waals surface area contributed by atoms with E-state index in [1.165, 1.54) is 12.1 Å². The Morgan fingerprint density at radius 3 is 2.29 bits per heavy atom. The van der Waals surface area contributed by atoms with Gasteiger partial charge in [0.05, 0.1) is 6.42 Å². The first-order valence-corrected chi connectivity index (χ1v) is 8.71. The standard InChI is InChI=1S/C22H16FN3O2/c23-18-10-6-16(7-11-18)21-25-22(28-26-21)17-8-12-19(13-9-17)24-20(27)14-15-4-2-1-3-5-15/h1-13H,14H2,(H,24,27). The van der Waals surface area contributed by atoms with Gasteiger partial charge in [0.15, 0.2) is 0 Å². The number of amides is 1. The maximum atomic E-state index is 13.0. The molecular formula is C22H16FN3O2. The first-order chi connectivity index (χ1) is 13.7. The smallest absolute Gasteiger partial charge is 0.258 e. The van der Waals surface area contributed by atoms with Crippen LogP contribution in [-0.4, -0.2) is 16.0 Å². The highest BCUT2D eigenvalue weighted by atomic mass is 19.1. The summed E-state index contributed by atoms with van der Waals surface area (Å²) in [6.07, 6.45) is 0.313. The Labute approximate surface area is 160 Å². The minimum Gasteiger partial charge on any atom is -0.334 e. The Bertz CT molecular complexity index is 1070. The second-order valence-corrected chi connectivity index (χ2v) is 6.22. The number of carbonyl (C=O) groups is 1. The molecule has 5 nitrogen and oxygen atoms in total. The molecule has 4 aromatic rings. The lowest BCUT2D eigenvalue weighted by Gasteiger charge is -2.05. The first-order valence-electron chi connectivity index (χ1n) is 8.71. The van der Waals surface area contributed by atoms with Gasteiger partial charge in [-0.25, -0.2) is 4.39 Å². The van der Waals surface area contributed by atoms with Gasteiger partial charge in [-0.05, 0) is 54.1 Å². The second-order valence-electron chi connectivity index (χ2n) is 6.22. The van der Waals surface area contributed by atoms with Crippen molar-refractivity contribution in [3.63, 3.8) is 0 Å². The molecule has 0 aliphatic carbocycles. The Kier molecular flexibility index (Phi) is 4.93. The Morgan fingerprint density at radius 2 is 1.57 bits per heavy atom. The number of rotatable bonds is 5. The summed E-state index contributed by atoms with van der Waals surface area (Å²) in [6, 6.07) is 22.6. The van der Waals surface area contributed by atoms with Crippen molar-refractivity contribution in [1.29, 1.82) is 0 Å². The van der Waals surface area contributed by atoms with E-state index in [4.69, 9.17) is 4.52 Å². The lowest BCUT2D eigenvalue weighted by atomic mass is 10.1. The average Bonchev–Trinajstić information content (AvgIpc) is 3.20. The zero-order valence-electron chi connectivity index (χ0n) is 14.8. The second kappa shape index (κ2) is 7.84. The molecule has 0 aliphatic rings. The highest BCUT2D eigenvalue weighted by Crippen LogP contribution is 2.23. The van der Waals surface area contributed by atoms with Crippen molar-refractivity contribution >= 4 is 11.6 Å². The van der Waals surface area contributed by atoms with Crippen LogP contribution in [0.25, 0.3) is 22.8 Å². The first kappa shape index (κ1) is 17.6. The molecule has 0 atom stereocenters. The van der Waals surface area contributed by atoms with Crippen LogP contribution in [0, 0.1) is 5.82 Å². The molecule has 0 saturated heterocycles. The lowest BCUT2D eigenvalue weighted by molar-refractivity contribution is -0.115. The molecule has 0 fully saturated rings. The fourth-order valence-corrected chi connectivity index (χ4v) is 2.74. The van der Waals surface area contributed by atoms with E-state index < -0.39 is 0 Å². The number of benzene rings is 3. The number of anilines is 1. The molecule has 4 rings (SSSR count). The monoisotopic (exact) mass is 373 g/mol. The van der Waals surface area contributed by atoms with Crippen LogP contribution in [0.5, 0.6) is 0 Å². The molecule has 138 valence electrons. The van der Waals surface area contributed by atoms with E-state index >= 15 is 0 Å². The minimum absolute atomic E-state index is 0.0877. The van der Waals surface area contributed by atoms with Crippen molar-refractivity contribution in [3.05, 3.63) is 90.2 Å². The molecule has 28 heavy (non-hydrogen) atoms. The maximum Gasteiger partial charge on any atom is 0.258 e. The number of hydrogen-bond donors (Lipinski definition) is 1.